The SMILES string of the molecule is Cc1ccnc2nc(C(=O)O[C@H](C)c3nc4ccccc4c(=O)[nH]3)nn12. The van der Waals surface area contributed by atoms with Gasteiger partial charge in [0.1, 0.15) is 0 Å². The van der Waals surface area contributed by atoms with Crippen molar-refractivity contribution in [2.45, 2.75) is 20.0 Å². The van der Waals surface area contributed by atoms with Crippen molar-refractivity contribution < 1.29 is 9.53 Å². The van der Waals surface area contributed by atoms with Gasteiger partial charge in [-0.1, -0.05) is 12.1 Å². The standard InChI is InChI=1S/C17H14N6O3/c1-9-7-8-18-17-21-14(22-23(9)17)16(25)26-10(2)13-19-12-6-4-3-5-11(12)15(24)20-13/h3-8,10H,1-2H3,(H,19,20,24)/t10-/m1/s1. The van der Waals surface area contributed by atoms with Gasteiger partial charge in [-0.2, -0.15) is 4.98 Å². The van der Waals surface area contributed by atoms with E-state index in [1.165, 1.54) is 4.52 Å². The number of aryl methyl sites for hydroxylation is 1. The first-order chi connectivity index (χ1) is 12.5. The Balaban J connectivity index is 1.62. The van der Waals surface area contributed by atoms with E-state index in [0.29, 0.717) is 16.7 Å². The minimum Gasteiger partial charge on any atom is -0.449 e. The van der Waals surface area contributed by atoms with Crippen molar-refractivity contribution in [1.29, 1.82) is 0 Å². The summed E-state index contributed by atoms with van der Waals surface area (Å²) >= 11 is 0. The number of rotatable bonds is 3. The van der Waals surface area contributed by atoms with Crippen LogP contribution in [0.2, 0.25) is 0 Å². The highest BCUT2D eigenvalue weighted by Gasteiger charge is 2.21. The summed E-state index contributed by atoms with van der Waals surface area (Å²) < 4.78 is 6.81. The molecule has 0 saturated heterocycles. The van der Waals surface area contributed by atoms with Crippen LogP contribution in [0.1, 0.15) is 35.2 Å². The number of hydrogen-bond donors (Lipinski definition) is 1. The lowest BCUT2D eigenvalue weighted by Gasteiger charge is -2.11. The smallest absolute Gasteiger partial charge is 0.379 e. The van der Waals surface area contributed by atoms with E-state index in [1.54, 1.807) is 43.5 Å². The highest BCUT2D eigenvalue weighted by molar-refractivity contribution is 5.85. The Hall–Kier alpha value is -3.62. The van der Waals surface area contributed by atoms with Crippen molar-refractivity contribution in [3.8, 4) is 0 Å². The fourth-order valence-electron chi connectivity index (χ4n) is 2.56. The quantitative estimate of drug-likeness (QED) is 0.558. The number of H-pyrrole nitrogens is 1. The minimum absolute atomic E-state index is 0.109. The summed E-state index contributed by atoms with van der Waals surface area (Å²) in [6.45, 7) is 3.44. The van der Waals surface area contributed by atoms with E-state index in [4.69, 9.17) is 4.74 Å². The molecule has 9 heteroatoms. The van der Waals surface area contributed by atoms with Crippen LogP contribution in [-0.4, -0.2) is 35.5 Å². The molecule has 3 aromatic heterocycles. The van der Waals surface area contributed by atoms with E-state index in [2.05, 4.69) is 25.0 Å². The molecular weight excluding hydrogens is 336 g/mol. The number of para-hydroxylation sites is 1. The third-order valence-corrected chi connectivity index (χ3v) is 3.91. The van der Waals surface area contributed by atoms with Crippen molar-refractivity contribution >= 4 is 22.6 Å². The summed E-state index contributed by atoms with van der Waals surface area (Å²) in [5.41, 5.74) is 1.02. The molecule has 0 aliphatic heterocycles. The highest BCUT2D eigenvalue weighted by Crippen LogP contribution is 2.16. The van der Waals surface area contributed by atoms with Gasteiger partial charge in [0.05, 0.1) is 10.9 Å². The van der Waals surface area contributed by atoms with E-state index in [9.17, 15) is 9.59 Å². The number of fused-ring (bicyclic) bond motifs is 2. The van der Waals surface area contributed by atoms with Gasteiger partial charge >= 0.3 is 5.97 Å². The van der Waals surface area contributed by atoms with Gasteiger partial charge in [-0.25, -0.2) is 19.3 Å². The van der Waals surface area contributed by atoms with E-state index in [0.717, 1.165) is 5.69 Å². The van der Waals surface area contributed by atoms with Gasteiger partial charge in [0.2, 0.25) is 0 Å². The molecule has 4 rings (SSSR count). The molecule has 4 aromatic rings. The first-order valence-corrected chi connectivity index (χ1v) is 7.91. The first kappa shape index (κ1) is 15.9. The van der Waals surface area contributed by atoms with Crippen LogP contribution in [0.3, 0.4) is 0 Å². The van der Waals surface area contributed by atoms with Gasteiger partial charge < -0.3 is 9.72 Å². The number of carbonyl (C=O) groups excluding carboxylic acids is 1. The monoisotopic (exact) mass is 350 g/mol. The van der Waals surface area contributed by atoms with E-state index >= 15 is 0 Å². The number of carbonyl (C=O) groups is 1. The molecule has 130 valence electrons. The second kappa shape index (κ2) is 6.03. The molecule has 1 aromatic carbocycles. The van der Waals surface area contributed by atoms with Crippen LogP contribution in [-0.2, 0) is 4.74 Å². The number of nitrogens with one attached hydrogen (secondary N) is 1. The number of ether oxygens (including phenoxy) is 1. The fourth-order valence-corrected chi connectivity index (χ4v) is 2.56. The van der Waals surface area contributed by atoms with Gasteiger partial charge in [0.25, 0.3) is 17.2 Å². The molecule has 0 radical (unpaired) electrons. The van der Waals surface area contributed by atoms with Crippen molar-refractivity contribution in [2.75, 3.05) is 0 Å². The van der Waals surface area contributed by atoms with Crippen LogP contribution >= 0.6 is 0 Å². The molecule has 0 amide bonds. The Morgan fingerprint density at radius 3 is 2.85 bits per heavy atom. The summed E-state index contributed by atoms with van der Waals surface area (Å²) in [6, 6.07) is 8.69. The number of aromatic amines is 1. The van der Waals surface area contributed by atoms with Crippen molar-refractivity contribution in [2.24, 2.45) is 0 Å². The van der Waals surface area contributed by atoms with Crippen LogP contribution in [0.5, 0.6) is 0 Å². The predicted octanol–water partition coefficient (Wildman–Crippen LogP) is 1.59. The molecule has 0 aliphatic rings. The maximum absolute atomic E-state index is 12.3. The molecule has 26 heavy (non-hydrogen) atoms. The average Bonchev–Trinajstić information content (AvgIpc) is 3.07. The largest absolute Gasteiger partial charge is 0.449 e. The topological polar surface area (TPSA) is 115 Å². The average molecular weight is 350 g/mol. The molecular formula is C17H14N6O3. The second-order valence-electron chi connectivity index (χ2n) is 5.75. The van der Waals surface area contributed by atoms with E-state index < -0.39 is 12.1 Å². The van der Waals surface area contributed by atoms with Crippen LogP contribution in [0, 0.1) is 6.92 Å². The maximum Gasteiger partial charge on any atom is 0.379 e. The number of benzene rings is 1. The summed E-state index contributed by atoms with van der Waals surface area (Å²) in [4.78, 5) is 39.6. The molecule has 0 bridgehead atoms. The molecule has 1 atom stereocenters. The van der Waals surface area contributed by atoms with Crippen LogP contribution in [0.15, 0.2) is 41.3 Å². The van der Waals surface area contributed by atoms with Crippen molar-refractivity contribution in [1.82, 2.24) is 29.5 Å². The fraction of sp³-hybridized carbons (Fsp3) is 0.176. The third-order valence-electron chi connectivity index (χ3n) is 3.91. The molecule has 3 heterocycles. The Kier molecular flexibility index (Phi) is 3.68. The number of hydrogen-bond acceptors (Lipinski definition) is 7. The molecule has 0 aliphatic carbocycles. The minimum atomic E-state index is -0.777. The van der Waals surface area contributed by atoms with E-state index in [1.807, 2.05) is 6.92 Å². The number of esters is 1. The van der Waals surface area contributed by atoms with Crippen molar-refractivity contribution in [3.63, 3.8) is 0 Å². The molecule has 0 fully saturated rings. The zero-order valence-electron chi connectivity index (χ0n) is 14.0. The summed E-state index contributed by atoms with van der Waals surface area (Å²) in [6.07, 6.45) is 0.807. The lowest BCUT2D eigenvalue weighted by atomic mass is 10.2. The zero-order chi connectivity index (χ0) is 18.3. The van der Waals surface area contributed by atoms with Crippen LogP contribution < -0.4 is 5.56 Å². The Bertz CT molecular complexity index is 1200. The van der Waals surface area contributed by atoms with Gasteiger partial charge in [-0.05, 0) is 32.0 Å². The molecule has 0 saturated carbocycles. The Morgan fingerprint density at radius 2 is 2.04 bits per heavy atom. The van der Waals surface area contributed by atoms with Gasteiger partial charge in [-0.3, -0.25) is 4.79 Å². The normalized spacial score (nSPS) is 12.4. The number of aromatic nitrogens is 6. The lowest BCUT2D eigenvalue weighted by Crippen LogP contribution is -2.18. The summed E-state index contributed by atoms with van der Waals surface area (Å²) in [5.74, 6) is -0.276. The summed E-state index contributed by atoms with van der Waals surface area (Å²) in [5, 5.41) is 4.57. The van der Waals surface area contributed by atoms with Crippen LogP contribution in [0.25, 0.3) is 16.7 Å². The first-order valence-electron chi connectivity index (χ1n) is 7.91. The van der Waals surface area contributed by atoms with Crippen molar-refractivity contribution in [3.05, 3.63) is 64.2 Å². The maximum atomic E-state index is 12.3. The predicted molar refractivity (Wildman–Crippen MR) is 91.7 cm³/mol. The second-order valence-corrected chi connectivity index (χ2v) is 5.75. The third kappa shape index (κ3) is 2.69. The van der Waals surface area contributed by atoms with Gasteiger partial charge in [-0.15, -0.1) is 5.10 Å². The van der Waals surface area contributed by atoms with Gasteiger partial charge in [0, 0.05) is 11.9 Å². The number of nitrogens with zero attached hydrogens (tertiary/aromatic N) is 5. The molecule has 0 spiro atoms. The Morgan fingerprint density at radius 1 is 1.23 bits per heavy atom. The highest BCUT2D eigenvalue weighted by atomic mass is 16.5. The molecule has 9 nitrogen and oxygen atoms in total. The zero-order valence-corrected chi connectivity index (χ0v) is 14.0. The van der Waals surface area contributed by atoms with Gasteiger partial charge in [0.15, 0.2) is 11.9 Å². The molecule has 1 N–H and O–H groups in total. The molecule has 0 unspecified atom stereocenters. The van der Waals surface area contributed by atoms with Crippen LogP contribution in [0.4, 0.5) is 0 Å². The van der Waals surface area contributed by atoms with E-state index in [-0.39, 0.29) is 17.2 Å². The summed E-state index contributed by atoms with van der Waals surface area (Å²) in [7, 11) is 0. The lowest BCUT2D eigenvalue weighted by molar-refractivity contribution is 0.0305. The Labute approximate surface area is 146 Å².